The van der Waals surface area contributed by atoms with E-state index in [9.17, 15) is 13.2 Å². The lowest BCUT2D eigenvalue weighted by Gasteiger charge is -2.16. The predicted octanol–water partition coefficient (Wildman–Crippen LogP) is 1.72. The van der Waals surface area contributed by atoms with E-state index in [1.165, 1.54) is 45.0 Å². The normalized spacial score (nSPS) is 11.7. The number of anilines is 1. The molecule has 0 saturated heterocycles. The third kappa shape index (κ3) is 2.68. The number of benzene rings is 1. The zero-order valence-electron chi connectivity index (χ0n) is 10.4. The summed E-state index contributed by atoms with van der Waals surface area (Å²) >= 11 is 0. The Kier molecular flexibility index (Phi) is 3.77. The molecule has 0 fully saturated rings. The van der Waals surface area contributed by atoms with Gasteiger partial charge in [0.15, 0.2) is 14.6 Å². The Balaban J connectivity index is 3.14. The van der Waals surface area contributed by atoms with E-state index in [0.29, 0.717) is 5.69 Å². The summed E-state index contributed by atoms with van der Waals surface area (Å²) in [5.74, 6) is -0.233. The van der Waals surface area contributed by atoms with Crippen LogP contribution in [-0.2, 0) is 14.6 Å². The molecule has 0 spiro atoms. The van der Waals surface area contributed by atoms with E-state index in [2.05, 4.69) is 5.32 Å². The predicted molar refractivity (Wildman–Crippen MR) is 67.6 cm³/mol. The van der Waals surface area contributed by atoms with Gasteiger partial charge in [-0.25, -0.2) is 8.42 Å². The molecule has 0 aromatic heterocycles. The third-order valence-corrected chi connectivity index (χ3v) is 4.75. The highest BCUT2D eigenvalue weighted by atomic mass is 32.2. The van der Waals surface area contributed by atoms with Gasteiger partial charge < -0.3 is 5.32 Å². The average molecular weight is 266 g/mol. The second-order valence-corrected chi connectivity index (χ2v) is 6.83. The van der Waals surface area contributed by atoms with E-state index < -0.39 is 14.6 Å². The molecular weight excluding hydrogens is 252 g/mol. The summed E-state index contributed by atoms with van der Waals surface area (Å²) < 4.78 is 22.7. The van der Waals surface area contributed by atoms with Gasteiger partial charge in [0, 0.05) is 12.6 Å². The monoisotopic (exact) mass is 266 g/mol. The summed E-state index contributed by atoms with van der Waals surface area (Å²) in [6.45, 7) is 4.07. The minimum Gasteiger partial charge on any atom is -0.326 e. The molecule has 0 saturated carbocycles. The van der Waals surface area contributed by atoms with Gasteiger partial charge in [0.25, 0.3) is 0 Å². The van der Waals surface area contributed by atoms with Crippen molar-refractivity contribution in [2.45, 2.75) is 30.4 Å². The number of sulfone groups is 1. The van der Waals surface area contributed by atoms with Gasteiger partial charge >= 0.3 is 0 Å². The molecule has 1 aromatic carbocycles. The smallest absolute Gasteiger partial charge is 0.221 e. The maximum absolute atomic E-state index is 12.1. The van der Waals surface area contributed by atoms with Crippen LogP contribution in [0.3, 0.4) is 0 Å². The lowest BCUT2D eigenvalue weighted by molar-refractivity contribution is -0.114. The molecule has 0 aliphatic carbocycles. The molecule has 0 bridgehead atoms. The summed E-state index contributed by atoms with van der Waals surface area (Å²) in [7, 11) is -3.71. The van der Waals surface area contributed by atoms with Crippen molar-refractivity contribution in [2.75, 3.05) is 5.32 Å². The highest BCUT2D eigenvalue weighted by Crippen LogP contribution is 2.25. The van der Waals surface area contributed by atoms with Crippen LogP contribution >= 0.6 is 0 Å². The molecule has 96 valence electrons. The molecule has 0 aliphatic rings. The Morgan fingerprint density at radius 2 is 1.78 bits per heavy atom. The van der Waals surface area contributed by atoms with Crippen molar-refractivity contribution in [3.8, 4) is 6.07 Å². The standard InChI is InChI=1S/C12H14N2O3S/c1-9(15)14-10-4-6-11(7-5-10)18(16,17)12(2,3)8-13/h4-7H,1-3H3,(H,14,15). The van der Waals surface area contributed by atoms with Crippen LogP contribution in [0.2, 0.25) is 0 Å². The number of rotatable bonds is 3. The number of nitrogens with zero attached hydrogens (tertiary/aromatic N) is 1. The molecule has 1 amide bonds. The molecule has 0 unspecified atom stereocenters. The number of nitriles is 1. The molecule has 0 atom stereocenters. The SMILES string of the molecule is CC(=O)Nc1ccc(S(=O)(=O)C(C)(C)C#N)cc1. The van der Waals surface area contributed by atoms with Gasteiger partial charge in [0.05, 0.1) is 11.0 Å². The molecule has 1 N–H and O–H groups in total. The molecule has 1 rings (SSSR count). The highest BCUT2D eigenvalue weighted by molar-refractivity contribution is 7.93. The maximum Gasteiger partial charge on any atom is 0.221 e. The quantitative estimate of drug-likeness (QED) is 0.902. The Morgan fingerprint density at radius 1 is 1.28 bits per heavy atom. The molecule has 18 heavy (non-hydrogen) atoms. The number of carbonyl (C=O) groups excluding carboxylic acids is 1. The van der Waals surface area contributed by atoms with Gasteiger partial charge in [-0.15, -0.1) is 0 Å². The minimum atomic E-state index is -3.71. The van der Waals surface area contributed by atoms with E-state index in [0.717, 1.165) is 0 Å². The fourth-order valence-electron chi connectivity index (χ4n) is 1.28. The van der Waals surface area contributed by atoms with E-state index >= 15 is 0 Å². The van der Waals surface area contributed by atoms with Crippen LogP contribution < -0.4 is 5.32 Å². The van der Waals surface area contributed by atoms with Gasteiger partial charge in [-0.1, -0.05) is 0 Å². The van der Waals surface area contributed by atoms with Crippen molar-refractivity contribution >= 4 is 21.4 Å². The zero-order chi connectivity index (χ0) is 14.0. The van der Waals surface area contributed by atoms with Crippen molar-refractivity contribution in [2.24, 2.45) is 0 Å². The number of nitrogens with one attached hydrogen (secondary N) is 1. The Bertz CT molecular complexity index is 595. The molecule has 6 heteroatoms. The lowest BCUT2D eigenvalue weighted by atomic mass is 10.2. The number of amides is 1. The van der Waals surface area contributed by atoms with Gasteiger partial charge in [-0.3, -0.25) is 4.79 Å². The van der Waals surface area contributed by atoms with Gasteiger partial charge in [0.2, 0.25) is 5.91 Å². The van der Waals surface area contributed by atoms with Crippen LogP contribution in [0.15, 0.2) is 29.2 Å². The van der Waals surface area contributed by atoms with Crippen LogP contribution in [-0.4, -0.2) is 19.1 Å². The first-order valence-electron chi connectivity index (χ1n) is 5.24. The van der Waals surface area contributed by atoms with Crippen LogP contribution in [0.5, 0.6) is 0 Å². The fraction of sp³-hybridized carbons (Fsp3) is 0.333. The first-order chi connectivity index (χ1) is 8.20. The average Bonchev–Trinajstić information content (AvgIpc) is 2.28. The van der Waals surface area contributed by atoms with Crippen molar-refractivity contribution in [1.29, 1.82) is 5.26 Å². The second-order valence-electron chi connectivity index (χ2n) is 4.33. The first-order valence-corrected chi connectivity index (χ1v) is 6.72. The van der Waals surface area contributed by atoms with Crippen molar-refractivity contribution in [1.82, 2.24) is 0 Å². The van der Waals surface area contributed by atoms with Crippen LogP contribution in [0.1, 0.15) is 20.8 Å². The van der Waals surface area contributed by atoms with Crippen molar-refractivity contribution < 1.29 is 13.2 Å². The van der Waals surface area contributed by atoms with Crippen LogP contribution in [0.4, 0.5) is 5.69 Å². The van der Waals surface area contributed by atoms with E-state index in [4.69, 9.17) is 5.26 Å². The Morgan fingerprint density at radius 3 is 2.17 bits per heavy atom. The van der Waals surface area contributed by atoms with Crippen molar-refractivity contribution in [3.05, 3.63) is 24.3 Å². The molecule has 1 aromatic rings. The third-order valence-electron chi connectivity index (χ3n) is 2.43. The van der Waals surface area contributed by atoms with Crippen LogP contribution in [0.25, 0.3) is 0 Å². The maximum atomic E-state index is 12.1. The van der Waals surface area contributed by atoms with E-state index in [1.807, 2.05) is 0 Å². The van der Waals surface area contributed by atoms with Gasteiger partial charge in [0.1, 0.15) is 0 Å². The summed E-state index contributed by atoms with van der Waals surface area (Å²) in [5.41, 5.74) is 0.510. The summed E-state index contributed by atoms with van der Waals surface area (Å²) in [6, 6.07) is 7.49. The summed E-state index contributed by atoms with van der Waals surface area (Å²) in [4.78, 5) is 10.9. The van der Waals surface area contributed by atoms with Crippen molar-refractivity contribution in [3.63, 3.8) is 0 Å². The Labute approximate surface area is 106 Å². The fourth-order valence-corrected chi connectivity index (χ4v) is 2.48. The lowest BCUT2D eigenvalue weighted by Crippen LogP contribution is -2.29. The molecule has 5 nitrogen and oxygen atoms in total. The van der Waals surface area contributed by atoms with E-state index in [-0.39, 0.29) is 10.8 Å². The summed E-state index contributed by atoms with van der Waals surface area (Å²) in [5, 5.41) is 11.4. The largest absolute Gasteiger partial charge is 0.326 e. The molecule has 0 aliphatic heterocycles. The topological polar surface area (TPSA) is 87.0 Å². The molecular formula is C12H14N2O3S. The second kappa shape index (κ2) is 4.78. The number of hydrogen-bond acceptors (Lipinski definition) is 4. The van der Waals surface area contributed by atoms with E-state index in [1.54, 1.807) is 6.07 Å². The number of hydrogen-bond donors (Lipinski definition) is 1. The van der Waals surface area contributed by atoms with Gasteiger partial charge in [-0.2, -0.15) is 5.26 Å². The highest BCUT2D eigenvalue weighted by Gasteiger charge is 2.35. The Hall–Kier alpha value is -1.87. The number of carbonyl (C=O) groups is 1. The van der Waals surface area contributed by atoms with Crippen LogP contribution in [0, 0.1) is 11.3 Å². The molecule has 0 radical (unpaired) electrons. The first kappa shape index (κ1) is 14.2. The van der Waals surface area contributed by atoms with Gasteiger partial charge in [-0.05, 0) is 38.1 Å². The zero-order valence-corrected chi connectivity index (χ0v) is 11.2. The molecule has 0 heterocycles. The summed E-state index contributed by atoms with van der Waals surface area (Å²) in [6.07, 6.45) is 0. The minimum absolute atomic E-state index is 0.0585.